The van der Waals surface area contributed by atoms with Gasteiger partial charge in [0.15, 0.2) is 0 Å². The zero-order chi connectivity index (χ0) is 14.0. The van der Waals surface area contributed by atoms with Crippen molar-refractivity contribution < 1.29 is 13.6 Å². The molecule has 100 valence electrons. The second-order valence-corrected chi connectivity index (χ2v) is 5.26. The van der Waals surface area contributed by atoms with Crippen molar-refractivity contribution in [3.8, 4) is 0 Å². The maximum absolute atomic E-state index is 13.4. The van der Waals surface area contributed by atoms with E-state index >= 15 is 0 Å². The van der Waals surface area contributed by atoms with E-state index in [1.165, 1.54) is 17.4 Å². The summed E-state index contributed by atoms with van der Waals surface area (Å²) in [7, 11) is 0. The van der Waals surface area contributed by atoms with Gasteiger partial charge >= 0.3 is 0 Å². The summed E-state index contributed by atoms with van der Waals surface area (Å²) in [5.74, 6) is -2.05. The first kappa shape index (κ1) is 13.7. The molecule has 2 rings (SSSR count). The van der Waals surface area contributed by atoms with Gasteiger partial charge in [0.05, 0.1) is 4.88 Å². The minimum absolute atomic E-state index is 0.406. The first-order valence-corrected chi connectivity index (χ1v) is 6.69. The van der Waals surface area contributed by atoms with Crippen LogP contribution < -0.4 is 5.32 Å². The highest BCUT2D eigenvalue weighted by Crippen LogP contribution is 2.24. The lowest BCUT2D eigenvalue weighted by Crippen LogP contribution is -2.12. The van der Waals surface area contributed by atoms with Gasteiger partial charge in [-0.1, -0.05) is 13.0 Å². The Labute approximate surface area is 114 Å². The molecule has 0 aliphatic carbocycles. The first-order valence-electron chi connectivity index (χ1n) is 5.87. The highest BCUT2D eigenvalue weighted by molar-refractivity contribution is 7.14. The van der Waals surface area contributed by atoms with Gasteiger partial charge in [0.1, 0.15) is 17.3 Å². The monoisotopic (exact) mass is 281 g/mol. The molecule has 0 bridgehead atoms. The van der Waals surface area contributed by atoms with E-state index in [9.17, 15) is 13.6 Å². The molecule has 0 radical (unpaired) electrons. The van der Waals surface area contributed by atoms with Crippen LogP contribution in [0, 0.1) is 18.6 Å². The van der Waals surface area contributed by atoms with E-state index in [4.69, 9.17) is 0 Å². The number of amides is 1. The zero-order valence-corrected chi connectivity index (χ0v) is 11.4. The fourth-order valence-corrected chi connectivity index (χ4v) is 2.78. The summed E-state index contributed by atoms with van der Waals surface area (Å²) < 4.78 is 26.9. The molecule has 2 nitrogen and oxygen atoms in total. The second kappa shape index (κ2) is 5.48. The number of para-hydroxylation sites is 1. The van der Waals surface area contributed by atoms with E-state index in [1.807, 2.05) is 13.8 Å². The summed E-state index contributed by atoms with van der Waals surface area (Å²) in [6.07, 6.45) is 0.831. The zero-order valence-electron chi connectivity index (χ0n) is 10.6. The number of hydrogen-bond acceptors (Lipinski definition) is 2. The Hall–Kier alpha value is -1.75. The van der Waals surface area contributed by atoms with E-state index in [-0.39, 0.29) is 0 Å². The summed E-state index contributed by atoms with van der Waals surface area (Å²) in [6.45, 7) is 3.91. The quantitative estimate of drug-likeness (QED) is 0.899. The predicted molar refractivity (Wildman–Crippen MR) is 72.7 cm³/mol. The van der Waals surface area contributed by atoms with Crippen LogP contribution in [0.1, 0.15) is 27.0 Å². The van der Waals surface area contributed by atoms with Crippen molar-refractivity contribution in [1.82, 2.24) is 0 Å². The molecule has 5 heteroatoms. The van der Waals surface area contributed by atoms with Gasteiger partial charge in [-0.25, -0.2) is 8.78 Å². The Morgan fingerprint density at radius 1 is 1.32 bits per heavy atom. The number of thiophene rings is 1. The smallest absolute Gasteiger partial charge is 0.265 e. The molecule has 1 N–H and O–H groups in total. The average Bonchev–Trinajstić information content (AvgIpc) is 2.75. The molecule has 0 spiro atoms. The molecule has 0 unspecified atom stereocenters. The van der Waals surface area contributed by atoms with Crippen LogP contribution in [-0.2, 0) is 6.42 Å². The third-order valence-electron chi connectivity index (χ3n) is 2.77. The highest BCUT2D eigenvalue weighted by Gasteiger charge is 2.16. The van der Waals surface area contributed by atoms with Crippen molar-refractivity contribution in [2.75, 3.05) is 5.32 Å². The van der Waals surface area contributed by atoms with Crippen LogP contribution in [0.15, 0.2) is 24.3 Å². The Morgan fingerprint density at radius 2 is 1.95 bits per heavy atom. The van der Waals surface area contributed by atoms with E-state index in [0.29, 0.717) is 4.88 Å². The molecule has 1 amide bonds. The fraction of sp³-hybridized carbons (Fsp3) is 0.214. The standard InChI is InChI=1S/C14H13F2NOS/c1-3-11-8(2)7-12(19-11)14(18)17-13-9(15)5-4-6-10(13)16/h4-7H,3H2,1-2H3,(H,17,18). The number of halogens is 2. The summed E-state index contributed by atoms with van der Waals surface area (Å²) in [5.41, 5.74) is 0.614. The highest BCUT2D eigenvalue weighted by atomic mass is 32.1. The van der Waals surface area contributed by atoms with Gasteiger partial charge < -0.3 is 5.32 Å². The molecule has 0 aliphatic rings. The summed E-state index contributed by atoms with van der Waals surface area (Å²) in [6, 6.07) is 5.20. The van der Waals surface area contributed by atoms with Gasteiger partial charge in [0.25, 0.3) is 5.91 Å². The van der Waals surface area contributed by atoms with Crippen molar-refractivity contribution in [3.05, 3.63) is 51.2 Å². The van der Waals surface area contributed by atoms with Crippen molar-refractivity contribution in [2.24, 2.45) is 0 Å². The summed E-state index contributed by atoms with van der Waals surface area (Å²) in [4.78, 5) is 13.5. The van der Waals surface area contributed by atoms with Crippen molar-refractivity contribution in [3.63, 3.8) is 0 Å². The number of aryl methyl sites for hydroxylation is 2. The van der Waals surface area contributed by atoms with Crippen LogP contribution in [0.3, 0.4) is 0 Å². The normalized spacial score (nSPS) is 10.5. The lowest BCUT2D eigenvalue weighted by atomic mass is 10.2. The molecule has 0 atom stereocenters. The molecule has 1 heterocycles. The molecular formula is C14H13F2NOS. The van der Waals surface area contributed by atoms with Crippen molar-refractivity contribution in [2.45, 2.75) is 20.3 Å². The molecule has 19 heavy (non-hydrogen) atoms. The van der Waals surface area contributed by atoms with Crippen molar-refractivity contribution >= 4 is 22.9 Å². The van der Waals surface area contributed by atoms with Gasteiger partial charge in [-0.05, 0) is 37.1 Å². The van der Waals surface area contributed by atoms with Gasteiger partial charge in [-0.2, -0.15) is 0 Å². The fourth-order valence-electron chi connectivity index (χ4n) is 1.78. The average molecular weight is 281 g/mol. The lowest BCUT2D eigenvalue weighted by Gasteiger charge is -2.05. The summed E-state index contributed by atoms with van der Waals surface area (Å²) in [5, 5.41) is 2.28. The number of benzene rings is 1. The molecule has 2 aromatic rings. The maximum atomic E-state index is 13.4. The van der Waals surface area contributed by atoms with Crippen molar-refractivity contribution in [1.29, 1.82) is 0 Å². The molecule has 0 fully saturated rings. The van der Waals surface area contributed by atoms with Crippen LogP contribution >= 0.6 is 11.3 Å². The van der Waals surface area contributed by atoms with Gasteiger partial charge in [-0.3, -0.25) is 4.79 Å². The topological polar surface area (TPSA) is 29.1 Å². The largest absolute Gasteiger partial charge is 0.316 e. The Morgan fingerprint density at radius 3 is 2.47 bits per heavy atom. The Balaban J connectivity index is 2.25. The molecule has 0 saturated heterocycles. The number of hydrogen-bond donors (Lipinski definition) is 1. The number of nitrogens with one attached hydrogen (secondary N) is 1. The van der Waals surface area contributed by atoms with E-state index in [2.05, 4.69) is 5.32 Å². The SMILES string of the molecule is CCc1sc(C(=O)Nc2c(F)cccc2F)cc1C. The minimum atomic E-state index is -0.780. The minimum Gasteiger partial charge on any atom is -0.316 e. The molecule has 1 aromatic carbocycles. The van der Waals surface area contributed by atoms with Gasteiger partial charge in [0, 0.05) is 4.88 Å². The maximum Gasteiger partial charge on any atom is 0.265 e. The molecule has 0 aliphatic heterocycles. The third-order valence-corrected chi connectivity index (χ3v) is 4.15. The molecule has 0 saturated carbocycles. The number of carbonyl (C=O) groups is 1. The van der Waals surface area contributed by atoms with Gasteiger partial charge in [-0.15, -0.1) is 11.3 Å². The van der Waals surface area contributed by atoms with Crippen LogP contribution in [0.5, 0.6) is 0 Å². The number of carbonyl (C=O) groups excluding carboxylic acids is 1. The number of rotatable bonds is 3. The van der Waals surface area contributed by atoms with Crippen LogP contribution in [-0.4, -0.2) is 5.91 Å². The third kappa shape index (κ3) is 2.81. The van der Waals surface area contributed by atoms with Gasteiger partial charge in [0.2, 0.25) is 0 Å². The van der Waals surface area contributed by atoms with Crippen LogP contribution in [0.25, 0.3) is 0 Å². The van der Waals surface area contributed by atoms with E-state index < -0.39 is 23.2 Å². The van der Waals surface area contributed by atoms with Crippen LogP contribution in [0.4, 0.5) is 14.5 Å². The number of anilines is 1. The second-order valence-electron chi connectivity index (χ2n) is 4.12. The van der Waals surface area contributed by atoms with E-state index in [0.717, 1.165) is 29.0 Å². The Kier molecular flexibility index (Phi) is 3.95. The predicted octanol–water partition coefficient (Wildman–Crippen LogP) is 4.15. The molecular weight excluding hydrogens is 268 g/mol. The summed E-state index contributed by atoms with van der Waals surface area (Å²) >= 11 is 1.34. The Bertz CT molecular complexity index is 602. The van der Waals surface area contributed by atoms with Crippen LogP contribution in [0.2, 0.25) is 0 Å². The first-order chi connectivity index (χ1) is 9.02. The molecule has 1 aromatic heterocycles. The van der Waals surface area contributed by atoms with E-state index in [1.54, 1.807) is 6.07 Å². The lowest BCUT2D eigenvalue weighted by molar-refractivity contribution is 0.102.